The van der Waals surface area contributed by atoms with Crippen LogP contribution >= 0.6 is 11.3 Å². The molecular formula is C18H23N3OS. The average Bonchev–Trinajstić information content (AvgIpc) is 3.07. The first-order valence-corrected chi connectivity index (χ1v) is 9.11. The second-order valence-corrected chi connectivity index (χ2v) is 6.89. The number of rotatable bonds is 5. The Balaban J connectivity index is 1.62. The van der Waals surface area contributed by atoms with E-state index < -0.39 is 0 Å². The Labute approximate surface area is 141 Å². The van der Waals surface area contributed by atoms with Crippen molar-refractivity contribution in [3.63, 3.8) is 0 Å². The zero-order valence-electron chi connectivity index (χ0n) is 13.5. The van der Waals surface area contributed by atoms with Crippen molar-refractivity contribution in [2.75, 3.05) is 6.54 Å². The van der Waals surface area contributed by atoms with E-state index in [1.165, 1.54) is 17.5 Å². The van der Waals surface area contributed by atoms with E-state index in [9.17, 15) is 4.79 Å². The lowest BCUT2D eigenvalue weighted by Gasteiger charge is -2.34. The van der Waals surface area contributed by atoms with Gasteiger partial charge >= 0.3 is 0 Å². The zero-order valence-corrected chi connectivity index (χ0v) is 14.3. The molecule has 23 heavy (non-hydrogen) atoms. The molecule has 1 fully saturated rings. The standard InChI is InChI=1S/C18H23N3OS/c1-14-5-4-6-15(9-14)11-21-8-3-2-7-17(21)18(22)19-10-16-12-23-13-20-16/h4-6,9,12-13,17H,2-3,7-8,10-11H2,1H3,(H,19,22)/t17-/m1/s1. The molecular weight excluding hydrogens is 306 g/mol. The summed E-state index contributed by atoms with van der Waals surface area (Å²) in [6, 6.07) is 8.52. The molecule has 122 valence electrons. The molecule has 1 amide bonds. The smallest absolute Gasteiger partial charge is 0.237 e. The van der Waals surface area contributed by atoms with Crippen molar-refractivity contribution in [2.24, 2.45) is 0 Å². The third-order valence-electron chi connectivity index (χ3n) is 4.31. The summed E-state index contributed by atoms with van der Waals surface area (Å²) >= 11 is 1.56. The average molecular weight is 329 g/mol. The fourth-order valence-corrected chi connectivity index (χ4v) is 3.70. The first-order chi connectivity index (χ1) is 11.2. The summed E-state index contributed by atoms with van der Waals surface area (Å²) in [5.41, 5.74) is 5.28. The summed E-state index contributed by atoms with van der Waals surface area (Å²) in [6.07, 6.45) is 3.23. The predicted octanol–water partition coefficient (Wildman–Crippen LogP) is 3.12. The number of carbonyl (C=O) groups is 1. The van der Waals surface area contributed by atoms with Gasteiger partial charge in [0.1, 0.15) is 0 Å². The molecule has 2 heterocycles. The van der Waals surface area contributed by atoms with Gasteiger partial charge in [-0.1, -0.05) is 36.2 Å². The Morgan fingerprint density at radius 2 is 2.35 bits per heavy atom. The van der Waals surface area contributed by atoms with E-state index >= 15 is 0 Å². The number of amides is 1. The fourth-order valence-electron chi connectivity index (χ4n) is 3.14. The van der Waals surface area contributed by atoms with Gasteiger partial charge in [0.15, 0.2) is 0 Å². The number of carbonyl (C=O) groups excluding carboxylic acids is 1. The molecule has 0 saturated carbocycles. The van der Waals surface area contributed by atoms with Crippen molar-refractivity contribution in [1.82, 2.24) is 15.2 Å². The van der Waals surface area contributed by atoms with Crippen molar-refractivity contribution >= 4 is 17.2 Å². The monoisotopic (exact) mass is 329 g/mol. The van der Waals surface area contributed by atoms with Gasteiger partial charge in [-0.25, -0.2) is 4.98 Å². The summed E-state index contributed by atoms with van der Waals surface area (Å²) in [6.45, 7) is 4.47. The molecule has 3 rings (SSSR count). The van der Waals surface area contributed by atoms with Crippen LogP contribution in [0.25, 0.3) is 0 Å². The van der Waals surface area contributed by atoms with E-state index in [-0.39, 0.29) is 11.9 Å². The molecule has 0 unspecified atom stereocenters. The minimum absolute atomic E-state index is 0.0251. The Kier molecular flexibility index (Phi) is 5.41. The Hall–Kier alpha value is -1.72. The van der Waals surface area contributed by atoms with Crippen LogP contribution in [0.2, 0.25) is 0 Å². The van der Waals surface area contributed by atoms with E-state index in [4.69, 9.17) is 0 Å². The van der Waals surface area contributed by atoms with Gasteiger partial charge in [-0.3, -0.25) is 9.69 Å². The zero-order chi connectivity index (χ0) is 16.1. The predicted molar refractivity (Wildman–Crippen MR) is 93.2 cm³/mol. The van der Waals surface area contributed by atoms with Crippen LogP contribution in [0.3, 0.4) is 0 Å². The van der Waals surface area contributed by atoms with Gasteiger partial charge in [0.2, 0.25) is 5.91 Å². The highest BCUT2D eigenvalue weighted by atomic mass is 32.1. The minimum atomic E-state index is -0.0251. The summed E-state index contributed by atoms with van der Waals surface area (Å²) < 4.78 is 0. The molecule has 1 aliphatic heterocycles. The molecule has 0 spiro atoms. The lowest BCUT2D eigenvalue weighted by Crippen LogP contribution is -2.48. The number of hydrogen-bond donors (Lipinski definition) is 1. The van der Waals surface area contributed by atoms with Gasteiger partial charge in [0.05, 0.1) is 23.8 Å². The maximum absolute atomic E-state index is 12.6. The van der Waals surface area contributed by atoms with E-state index in [1.807, 2.05) is 5.38 Å². The lowest BCUT2D eigenvalue weighted by molar-refractivity contribution is -0.128. The van der Waals surface area contributed by atoms with Crippen molar-refractivity contribution in [3.05, 3.63) is 52.0 Å². The molecule has 1 aromatic heterocycles. The van der Waals surface area contributed by atoms with Gasteiger partial charge in [0, 0.05) is 11.9 Å². The third kappa shape index (κ3) is 4.39. The normalized spacial score (nSPS) is 18.7. The van der Waals surface area contributed by atoms with Crippen LogP contribution in [-0.2, 0) is 17.9 Å². The second-order valence-electron chi connectivity index (χ2n) is 6.17. The molecule has 2 aromatic rings. The molecule has 1 aliphatic rings. The van der Waals surface area contributed by atoms with Crippen LogP contribution < -0.4 is 5.32 Å². The molecule has 1 saturated heterocycles. The number of thiazole rings is 1. The summed E-state index contributed by atoms with van der Waals surface area (Å²) in [5.74, 6) is 0.130. The van der Waals surface area contributed by atoms with Crippen LogP contribution in [-0.4, -0.2) is 28.4 Å². The maximum Gasteiger partial charge on any atom is 0.237 e. The van der Waals surface area contributed by atoms with Crippen LogP contribution in [0.1, 0.15) is 36.1 Å². The highest BCUT2D eigenvalue weighted by Crippen LogP contribution is 2.20. The van der Waals surface area contributed by atoms with Gasteiger partial charge in [0.25, 0.3) is 0 Å². The van der Waals surface area contributed by atoms with E-state index in [2.05, 4.69) is 46.4 Å². The SMILES string of the molecule is Cc1cccc(CN2CCCC[C@@H]2C(=O)NCc2cscn2)c1. The Morgan fingerprint density at radius 3 is 3.13 bits per heavy atom. The molecule has 0 aliphatic carbocycles. The topological polar surface area (TPSA) is 45.2 Å². The molecule has 4 nitrogen and oxygen atoms in total. The number of nitrogens with one attached hydrogen (secondary N) is 1. The largest absolute Gasteiger partial charge is 0.349 e. The lowest BCUT2D eigenvalue weighted by atomic mass is 10.00. The molecule has 0 radical (unpaired) electrons. The van der Waals surface area contributed by atoms with Crippen LogP contribution in [0.4, 0.5) is 0 Å². The van der Waals surface area contributed by atoms with Crippen molar-refractivity contribution < 1.29 is 4.79 Å². The third-order valence-corrected chi connectivity index (χ3v) is 4.95. The maximum atomic E-state index is 12.6. The summed E-state index contributed by atoms with van der Waals surface area (Å²) in [4.78, 5) is 19.1. The quantitative estimate of drug-likeness (QED) is 0.917. The number of likely N-dealkylation sites (tertiary alicyclic amines) is 1. The van der Waals surface area contributed by atoms with Crippen molar-refractivity contribution in [1.29, 1.82) is 0 Å². The van der Waals surface area contributed by atoms with Gasteiger partial charge in [-0.05, 0) is 31.9 Å². The van der Waals surface area contributed by atoms with Gasteiger partial charge < -0.3 is 5.32 Å². The van der Waals surface area contributed by atoms with E-state index in [0.717, 1.165) is 31.6 Å². The van der Waals surface area contributed by atoms with Crippen molar-refractivity contribution in [2.45, 2.75) is 45.3 Å². The summed E-state index contributed by atoms with van der Waals surface area (Å²) in [7, 11) is 0. The molecule has 5 heteroatoms. The second kappa shape index (κ2) is 7.70. The van der Waals surface area contributed by atoms with Crippen LogP contribution in [0.15, 0.2) is 35.2 Å². The Bertz CT molecular complexity index is 641. The number of aryl methyl sites for hydroxylation is 1. The molecule has 1 atom stereocenters. The number of benzene rings is 1. The fraction of sp³-hybridized carbons (Fsp3) is 0.444. The first kappa shape index (κ1) is 16.1. The number of piperidine rings is 1. The number of nitrogens with zero attached hydrogens (tertiary/aromatic N) is 2. The molecule has 0 bridgehead atoms. The molecule has 1 aromatic carbocycles. The number of aromatic nitrogens is 1. The van der Waals surface area contributed by atoms with Gasteiger partial charge in [-0.15, -0.1) is 11.3 Å². The molecule has 1 N–H and O–H groups in total. The van der Waals surface area contributed by atoms with Gasteiger partial charge in [-0.2, -0.15) is 0 Å². The Morgan fingerprint density at radius 1 is 1.43 bits per heavy atom. The minimum Gasteiger partial charge on any atom is -0.349 e. The van der Waals surface area contributed by atoms with E-state index in [0.29, 0.717) is 6.54 Å². The van der Waals surface area contributed by atoms with E-state index in [1.54, 1.807) is 16.8 Å². The van der Waals surface area contributed by atoms with Crippen LogP contribution in [0, 0.1) is 6.92 Å². The number of hydrogen-bond acceptors (Lipinski definition) is 4. The van der Waals surface area contributed by atoms with Crippen molar-refractivity contribution in [3.8, 4) is 0 Å². The highest BCUT2D eigenvalue weighted by Gasteiger charge is 2.28. The summed E-state index contributed by atoms with van der Waals surface area (Å²) in [5, 5.41) is 5.02. The first-order valence-electron chi connectivity index (χ1n) is 8.17. The highest BCUT2D eigenvalue weighted by molar-refractivity contribution is 7.07. The van der Waals surface area contributed by atoms with Crippen LogP contribution in [0.5, 0.6) is 0 Å².